The van der Waals surface area contributed by atoms with Crippen LogP contribution in [0.3, 0.4) is 0 Å². The van der Waals surface area contributed by atoms with Gasteiger partial charge in [-0.15, -0.1) is 11.3 Å². The third-order valence-electron chi connectivity index (χ3n) is 5.54. The van der Waals surface area contributed by atoms with Crippen molar-refractivity contribution < 1.29 is 9.53 Å². The van der Waals surface area contributed by atoms with Crippen molar-refractivity contribution in [1.82, 2.24) is 0 Å². The summed E-state index contributed by atoms with van der Waals surface area (Å²) in [6.07, 6.45) is 2.35. The number of carbonyl (C=O) groups is 1. The molecule has 0 radical (unpaired) electrons. The molecule has 3 nitrogen and oxygen atoms in total. The fourth-order valence-corrected chi connectivity index (χ4v) is 5.58. The van der Waals surface area contributed by atoms with Gasteiger partial charge in [0.25, 0.3) is 0 Å². The van der Waals surface area contributed by atoms with E-state index in [0.29, 0.717) is 23.1 Å². The molecule has 19 heavy (non-hydrogen) atoms. The summed E-state index contributed by atoms with van der Waals surface area (Å²) in [5.74, 6) is 0.296. The second-order valence-corrected chi connectivity index (χ2v) is 7.53. The van der Waals surface area contributed by atoms with Crippen LogP contribution in [0, 0.1) is 5.41 Å². The minimum absolute atomic E-state index is 0.0587. The molecule has 1 aromatic heterocycles. The minimum atomic E-state index is -0.248. The van der Waals surface area contributed by atoms with Crippen molar-refractivity contribution in [2.24, 2.45) is 5.41 Å². The summed E-state index contributed by atoms with van der Waals surface area (Å²) in [4.78, 5) is 13.6. The molecule has 1 fully saturated rings. The fraction of sp³-hybridized carbons (Fsp3) is 0.667. The average Bonchev–Trinajstić information content (AvgIpc) is 2.82. The van der Waals surface area contributed by atoms with Crippen LogP contribution < -0.4 is 5.73 Å². The first-order valence-corrected chi connectivity index (χ1v) is 7.76. The van der Waals surface area contributed by atoms with Gasteiger partial charge in [-0.25, -0.2) is 4.79 Å². The summed E-state index contributed by atoms with van der Waals surface area (Å²) in [5, 5.41) is 0.636. The molecule has 0 unspecified atom stereocenters. The van der Waals surface area contributed by atoms with Crippen molar-refractivity contribution >= 4 is 22.3 Å². The number of ether oxygens (including phenoxy) is 1. The van der Waals surface area contributed by atoms with Crippen molar-refractivity contribution in [2.75, 3.05) is 12.3 Å². The highest BCUT2D eigenvalue weighted by atomic mass is 32.1. The zero-order valence-corrected chi connectivity index (χ0v) is 12.8. The molecule has 104 valence electrons. The van der Waals surface area contributed by atoms with Crippen LogP contribution in [-0.2, 0) is 10.2 Å². The van der Waals surface area contributed by atoms with Crippen molar-refractivity contribution in [3.8, 4) is 0 Å². The number of rotatable bonds is 2. The van der Waals surface area contributed by atoms with E-state index in [9.17, 15) is 4.79 Å². The average molecular weight is 279 g/mol. The van der Waals surface area contributed by atoms with Gasteiger partial charge in [0, 0.05) is 10.3 Å². The van der Waals surface area contributed by atoms with Gasteiger partial charge in [0.15, 0.2) is 0 Å². The lowest BCUT2D eigenvalue weighted by Gasteiger charge is -2.35. The standard InChI is InChI=1S/C15H21NO2S/c1-5-18-13(17)9-10-11(19-12(9)16)8-6-7-15(10,4)14(8,2)3/h8H,5-7,16H2,1-4H3/t8-,15+/m0/s1. The molecule has 1 saturated carbocycles. The predicted molar refractivity (Wildman–Crippen MR) is 77.8 cm³/mol. The van der Waals surface area contributed by atoms with Gasteiger partial charge < -0.3 is 10.5 Å². The van der Waals surface area contributed by atoms with Crippen LogP contribution in [0.5, 0.6) is 0 Å². The Balaban J connectivity index is 2.19. The maximum atomic E-state index is 12.2. The summed E-state index contributed by atoms with van der Waals surface area (Å²) in [6, 6.07) is 0. The Hall–Kier alpha value is -1.03. The monoisotopic (exact) mass is 279 g/mol. The Morgan fingerprint density at radius 2 is 2.16 bits per heavy atom. The van der Waals surface area contributed by atoms with Gasteiger partial charge >= 0.3 is 5.97 Å². The lowest BCUT2D eigenvalue weighted by molar-refractivity contribution is 0.0524. The van der Waals surface area contributed by atoms with E-state index in [-0.39, 0.29) is 16.8 Å². The summed E-state index contributed by atoms with van der Waals surface area (Å²) in [6.45, 7) is 9.16. The van der Waals surface area contributed by atoms with Crippen LogP contribution in [-0.4, -0.2) is 12.6 Å². The Morgan fingerprint density at radius 1 is 1.47 bits per heavy atom. The third-order valence-corrected chi connectivity index (χ3v) is 6.67. The Bertz CT molecular complexity index is 561. The van der Waals surface area contributed by atoms with Gasteiger partial charge in [0.2, 0.25) is 0 Å². The number of anilines is 1. The first kappa shape index (κ1) is 13.0. The quantitative estimate of drug-likeness (QED) is 0.840. The highest BCUT2D eigenvalue weighted by molar-refractivity contribution is 7.16. The van der Waals surface area contributed by atoms with Crippen molar-refractivity contribution in [2.45, 2.75) is 51.9 Å². The van der Waals surface area contributed by atoms with E-state index < -0.39 is 0 Å². The topological polar surface area (TPSA) is 52.3 Å². The maximum Gasteiger partial charge on any atom is 0.341 e. The lowest BCUT2D eigenvalue weighted by Crippen LogP contribution is -2.32. The summed E-state index contributed by atoms with van der Waals surface area (Å²) in [5.41, 5.74) is 8.21. The zero-order chi connectivity index (χ0) is 14.0. The molecule has 0 saturated heterocycles. The van der Waals surface area contributed by atoms with E-state index in [2.05, 4.69) is 20.8 Å². The second kappa shape index (κ2) is 3.75. The Morgan fingerprint density at radius 3 is 2.79 bits per heavy atom. The normalized spacial score (nSPS) is 30.4. The van der Waals surface area contributed by atoms with Gasteiger partial charge in [-0.1, -0.05) is 20.8 Å². The Kier molecular flexibility index (Phi) is 2.56. The van der Waals surface area contributed by atoms with Crippen LogP contribution in [0.2, 0.25) is 0 Å². The molecule has 2 bridgehead atoms. The minimum Gasteiger partial charge on any atom is -0.462 e. The van der Waals surface area contributed by atoms with Crippen LogP contribution >= 0.6 is 11.3 Å². The summed E-state index contributed by atoms with van der Waals surface area (Å²) in [7, 11) is 0. The molecule has 1 heterocycles. The van der Waals surface area contributed by atoms with Gasteiger partial charge in [-0.05, 0) is 36.7 Å². The van der Waals surface area contributed by atoms with Crippen LogP contribution in [0.15, 0.2) is 0 Å². The number of nitrogen functional groups attached to an aromatic ring is 1. The lowest BCUT2D eigenvalue weighted by atomic mass is 9.68. The SMILES string of the molecule is CCOC(=O)c1c(N)sc2c1[C@@]1(C)CC[C@@H]2C1(C)C. The van der Waals surface area contributed by atoms with Gasteiger partial charge in [0.05, 0.1) is 12.2 Å². The number of hydrogen-bond acceptors (Lipinski definition) is 4. The highest BCUT2D eigenvalue weighted by Crippen LogP contribution is 2.70. The molecular weight excluding hydrogens is 258 g/mol. The third kappa shape index (κ3) is 1.36. The molecule has 2 atom stereocenters. The van der Waals surface area contributed by atoms with Gasteiger partial charge in [-0.2, -0.15) is 0 Å². The largest absolute Gasteiger partial charge is 0.462 e. The number of hydrogen-bond donors (Lipinski definition) is 1. The van der Waals surface area contributed by atoms with Crippen molar-refractivity contribution in [1.29, 1.82) is 0 Å². The van der Waals surface area contributed by atoms with Crippen LogP contribution in [0.4, 0.5) is 5.00 Å². The molecule has 0 aromatic carbocycles. The predicted octanol–water partition coefficient (Wildman–Crippen LogP) is 3.68. The molecule has 1 aromatic rings. The molecule has 4 heteroatoms. The summed E-state index contributed by atoms with van der Waals surface area (Å²) < 4.78 is 5.20. The molecule has 2 aliphatic carbocycles. The van der Waals surface area contributed by atoms with E-state index in [4.69, 9.17) is 10.5 Å². The molecular formula is C15H21NO2S. The van der Waals surface area contributed by atoms with E-state index in [1.807, 2.05) is 6.92 Å². The number of carbonyl (C=O) groups excluding carboxylic acids is 1. The molecule has 3 rings (SSSR count). The second-order valence-electron chi connectivity index (χ2n) is 6.45. The number of esters is 1. The molecule has 0 amide bonds. The van der Waals surface area contributed by atoms with Crippen molar-refractivity contribution in [3.63, 3.8) is 0 Å². The van der Waals surface area contributed by atoms with Crippen LogP contribution in [0.25, 0.3) is 0 Å². The van der Waals surface area contributed by atoms with Gasteiger partial charge in [0.1, 0.15) is 5.00 Å². The van der Waals surface area contributed by atoms with Crippen LogP contribution in [0.1, 0.15) is 67.3 Å². The van der Waals surface area contributed by atoms with E-state index in [1.54, 1.807) is 11.3 Å². The fourth-order valence-electron chi connectivity index (χ4n) is 4.07. The molecule has 0 spiro atoms. The number of fused-ring (bicyclic) bond motifs is 5. The Labute approximate surface area is 118 Å². The van der Waals surface area contributed by atoms with Crippen molar-refractivity contribution in [3.05, 3.63) is 16.0 Å². The zero-order valence-electron chi connectivity index (χ0n) is 12.0. The first-order chi connectivity index (χ1) is 8.84. The van der Waals surface area contributed by atoms with Gasteiger partial charge in [-0.3, -0.25) is 0 Å². The number of thiophene rings is 1. The molecule has 2 aliphatic rings. The molecule has 2 N–H and O–H groups in total. The van der Waals surface area contributed by atoms with E-state index >= 15 is 0 Å². The maximum absolute atomic E-state index is 12.2. The first-order valence-electron chi connectivity index (χ1n) is 6.94. The van der Waals surface area contributed by atoms with E-state index in [0.717, 1.165) is 6.42 Å². The smallest absolute Gasteiger partial charge is 0.341 e. The number of nitrogens with two attached hydrogens (primary N) is 1. The van der Waals surface area contributed by atoms with E-state index in [1.165, 1.54) is 16.9 Å². The summed E-state index contributed by atoms with van der Waals surface area (Å²) >= 11 is 1.60. The highest BCUT2D eigenvalue weighted by Gasteiger charge is 2.62. The molecule has 0 aliphatic heterocycles.